The SMILES string of the molecule is O=C(Nc1cccc2c1OCCO2)c1cc(C2CC2)on1. The predicted octanol–water partition coefficient (Wildman–Crippen LogP) is 2.58. The first kappa shape index (κ1) is 12.3. The second-order valence-electron chi connectivity index (χ2n) is 5.17. The van der Waals surface area contributed by atoms with Crippen LogP contribution in [0.25, 0.3) is 0 Å². The Hall–Kier alpha value is -2.50. The van der Waals surface area contributed by atoms with E-state index < -0.39 is 0 Å². The Bertz CT molecular complexity index is 691. The maximum atomic E-state index is 12.2. The van der Waals surface area contributed by atoms with Crippen molar-refractivity contribution in [2.75, 3.05) is 18.5 Å². The Morgan fingerprint density at radius 1 is 1.24 bits per heavy atom. The second-order valence-corrected chi connectivity index (χ2v) is 5.17. The number of benzene rings is 1. The van der Waals surface area contributed by atoms with Gasteiger partial charge in [0.2, 0.25) is 0 Å². The molecule has 1 saturated carbocycles. The van der Waals surface area contributed by atoms with E-state index in [2.05, 4.69) is 10.5 Å². The Morgan fingerprint density at radius 3 is 2.95 bits per heavy atom. The summed E-state index contributed by atoms with van der Waals surface area (Å²) in [6, 6.07) is 7.10. The van der Waals surface area contributed by atoms with Crippen LogP contribution in [0.1, 0.15) is 35.0 Å². The van der Waals surface area contributed by atoms with Crippen molar-refractivity contribution >= 4 is 11.6 Å². The fourth-order valence-corrected chi connectivity index (χ4v) is 2.32. The summed E-state index contributed by atoms with van der Waals surface area (Å²) in [5.41, 5.74) is 0.861. The molecule has 1 amide bonds. The Morgan fingerprint density at radius 2 is 2.10 bits per heavy atom. The summed E-state index contributed by atoms with van der Waals surface area (Å²) >= 11 is 0. The highest BCUT2D eigenvalue weighted by atomic mass is 16.6. The molecule has 0 saturated heterocycles. The maximum absolute atomic E-state index is 12.2. The van der Waals surface area contributed by atoms with Crippen LogP contribution in [0.15, 0.2) is 28.8 Å². The van der Waals surface area contributed by atoms with Crippen LogP contribution in [-0.2, 0) is 0 Å². The molecule has 1 aromatic heterocycles. The Balaban J connectivity index is 1.56. The van der Waals surface area contributed by atoms with E-state index in [0.717, 1.165) is 18.6 Å². The molecule has 4 rings (SSSR count). The normalized spacial score (nSPS) is 16.6. The quantitative estimate of drug-likeness (QED) is 0.938. The van der Waals surface area contributed by atoms with E-state index >= 15 is 0 Å². The zero-order valence-corrected chi connectivity index (χ0v) is 11.3. The summed E-state index contributed by atoms with van der Waals surface area (Å²) in [6.07, 6.45) is 2.21. The number of anilines is 1. The number of nitrogens with one attached hydrogen (secondary N) is 1. The minimum Gasteiger partial charge on any atom is -0.486 e. The summed E-state index contributed by atoms with van der Waals surface area (Å²) in [6.45, 7) is 0.980. The Labute approximate surface area is 121 Å². The van der Waals surface area contributed by atoms with E-state index in [1.807, 2.05) is 12.1 Å². The van der Waals surface area contributed by atoms with E-state index in [9.17, 15) is 4.79 Å². The van der Waals surface area contributed by atoms with Gasteiger partial charge in [-0.3, -0.25) is 4.79 Å². The van der Waals surface area contributed by atoms with Crippen molar-refractivity contribution < 1.29 is 18.8 Å². The highest BCUT2D eigenvalue weighted by Gasteiger charge is 2.29. The van der Waals surface area contributed by atoms with Crippen molar-refractivity contribution in [3.05, 3.63) is 35.7 Å². The molecule has 21 heavy (non-hydrogen) atoms. The van der Waals surface area contributed by atoms with Crippen LogP contribution in [0, 0.1) is 0 Å². The molecule has 1 N–H and O–H groups in total. The summed E-state index contributed by atoms with van der Waals surface area (Å²) in [5, 5.41) is 6.62. The molecular formula is C15H14N2O4. The molecule has 1 fully saturated rings. The number of nitrogens with zero attached hydrogens (tertiary/aromatic N) is 1. The van der Waals surface area contributed by atoms with Gasteiger partial charge in [-0.2, -0.15) is 0 Å². The molecule has 108 valence electrons. The molecule has 6 nitrogen and oxygen atoms in total. The van der Waals surface area contributed by atoms with Crippen molar-refractivity contribution in [2.24, 2.45) is 0 Å². The lowest BCUT2D eigenvalue weighted by atomic mass is 10.2. The van der Waals surface area contributed by atoms with Gasteiger partial charge in [0.25, 0.3) is 5.91 Å². The zero-order valence-electron chi connectivity index (χ0n) is 11.3. The summed E-state index contributed by atoms with van der Waals surface area (Å²) in [7, 11) is 0. The first-order valence-corrected chi connectivity index (χ1v) is 6.98. The molecule has 1 aliphatic carbocycles. The number of fused-ring (bicyclic) bond motifs is 1. The highest BCUT2D eigenvalue weighted by Crippen LogP contribution is 2.40. The van der Waals surface area contributed by atoms with Gasteiger partial charge in [0.1, 0.15) is 19.0 Å². The van der Waals surface area contributed by atoms with Gasteiger partial charge in [0.15, 0.2) is 17.2 Å². The van der Waals surface area contributed by atoms with Crippen LogP contribution in [0.4, 0.5) is 5.69 Å². The summed E-state index contributed by atoms with van der Waals surface area (Å²) in [4.78, 5) is 12.2. The fraction of sp³-hybridized carbons (Fsp3) is 0.333. The monoisotopic (exact) mass is 286 g/mol. The van der Waals surface area contributed by atoms with E-state index in [0.29, 0.717) is 36.3 Å². The third-order valence-electron chi connectivity index (χ3n) is 3.56. The third-order valence-corrected chi connectivity index (χ3v) is 3.56. The molecule has 0 radical (unpaired) electrons. The molecule has 2 aliphatic rings. The predicted molar refractivity (Wildman–Crippen MR) is 73.9 cm³/mol. The first-order valence-electron chi connectivity index (χ1n) is 6.98. The summed E-state index contributed by atoms with van der Waals surface area (Å²) in [5.74, 6) is 2.10. The van der Waals surface area contributed by atoms with E-state index in [-0.39, 0.29) is 11.6 Å². The van der Waals surface area contributed by atoms with E-state index in [1.165, 1.54) is 0 Å². The van der Waals surface area contributed by atoms with Gasteiger partial charge in [-0.15, -0.1) is 0 Å². The van der Waals surface area contributed by atoms with Crippen molar-refractivity contribution in [1.82, 2.24) is 5.16 Å². The van der Waals surface area contributed by atoms with E-state index in [4.69, 9.17) is 14.0 Å². The largest absolute Gasteiger partial charge is 0.486 e. The molecule has 6 heteroatoms. The van der Waals surface area contributed by atoms with Crippen LogP contribution in [0.2, 0.25) is 0 Å². The van der Waals surface area contributed by atoms with Crippen molar-refractivity contribution in [3.8, 4) is 11.5 Å². The Kier molecular flexibility index (Phi) is 2.80. The van der Waals surface area contributed by atoms with Crippen LogP contribution < -0.4 is 14.8 Å². The number of para-hydroxylation sites is 1. The van der Waals surface area contributed by atoms with E-state index in [1.54, 1.807) is 12.1 Å². The zero-order chi connectivity index (χ0) is 14.2. The average molecular weight is 286 g/mol. The molecule has 0 spiro atoms. The van der Waals surface area contributed by atoms with Gasteiger partial charge in [0, 0.05) is 12.0 Å². The minimum atomic E-state index is -0.312. The van der Waals surface area contributed by atoms with Crippen LogP contribution >= 0.6 is 0 Å². The lowest BCUT2D eigenvalue weighted by Gasteiger charge is -2.20. The lowest BCUT2D eigenvalue weighted by Crippen LogP contribution is -2.18. The van der Waals surface area contributed by atoms with Gasteiger partial charge in [0.05, 0.1) is 5.69 Å². The number of carbonyl (C=O) groups is 1. The minimum absolute atomic E-state index is 0.284. The molecule has 1 aliphatic heterocycles. The first-order chi connectivity index (χ1) is 10.3. The molecule has 1 aromatic carbocycles. The fourth-order valence-electron chi connectivity index (χ4n) is 2.32. The summed E-state index contributed by atoms with van der Waals surface area (Å²) < 4.78 is 16.2. The topological polar surface area (TPSA) is 73.6 Å². The van der Waals surface area contributed by atoms with Crippen LogP contribution in [0.3, 0.4) is 0 Å². The van der Waals surface area contributed by atoms with Gasteiger partial charge in [-0.1, -0.05) is 11.2 Å². The molecule has 0 atom stereocenters. The van der Waals surface area contributed by atoms with Gasteiger partial charge in [-0.25, -0.2) is 0 Å². The van der Waals surface area contributed by atoms with Crippen molar-refractivity contribution in [2.45, 2.75) is 18.8 Å². The number of ether oxygens (including phenoxy) is 2. The standard InChI is InChI=1S/C15H14N2O4/c18-15(11-8-13(21-17-11)9-4-5-9)16-10-2-1-3-12-14(10)20-7-6-19-12/h1-3,8-9H,4-7H2,(H,16,18). The number of rotatable bonds is 3. The number of hydrogen-bond donors (Lipinski definition) is 1. The van der Waals surface area contributed by atoms with Crippen molar-refractivity contribution in [1.29, 1.82) is 0 Å². The van der Waals surface area contributed by atoms with Gasteiger partial charge < -0.3 is 19.3 Å². The number of aromatic nitrogens is 1. The highest BCUT2D eigenvalue weighted by molar-refractivity contribution is 6.03. The molecule has 2 aromatic rings. The molecule has 2 heterocycles. The van der Waals surface area contributed by atoms with Gasteiger partial charge >= 0.3 is 0 Å². The van der Waals surface area contributed by atoms with Crippen LogP contribution in [-0.4, -0.2) is 24.3 Å². The maximum Gasteiger partial charge on any atom is 0.277 e. The van der Waals surface area contributed by atoms with Crippen molar-refractivity contribution in [3.63, 3.8) is 0 Å². The number of hydrogen-bond acceptors (Lipinski definition) is 5. The number of amides is 1. The molecular weight excluding hydrogens is 272 g/mol. The second kappa shape index (κ2) is 4.80. The smallest absolute Gasteiger partial charge is 0.277 e. The van der Waals surface area contributed by atoms with Crippen LogP contribution in [0.5, 0.6) is 11.5 Å². The van der Waals surface area contributed by atoms with Gasteiger partial charge in [-0.05, 0) is 25.0 Å². The average Bonchev–Trinajstić information content (AvgIpc) is 3.25. The molecule has 0 bridgehead atoms. The lowest BCUT2D eigenvalue weighted by molar-refractivity contribution is 0.101. The third kappa shape index (κ3) is 2.33. The number of carbonyl (C=O) groups excluding carboxylic acids is 1. The molecule has 0 unspecified atom stereocenters.